The van der Waals surface area contributed by atoms with Gasteiger partial charge in [-0.15, -0.1) is 0 Å². The van der Waals surface area contributed by atoms with Crippen molar-refractivity contribution < 1.29 is 19.0 Å². The van der Waals surface area contributed by atoms with E-state index in [0.717, 1.165) is 11.1 Å². The van der Waals surface area contributed by atoms with Crippen molar-refractivity contribution in [3.63, 3.8) is 0 Å². The van der Waals surface area contributed by atoms with Gasteiger partial charge in [-0.05, 0) is 42.3 Å². The molecular formula is C20H15ClFNO3. The molecule has 3 aromatic rings. The minimum absolute atomic E-state index is 0.133. The maximum Gasteiger partial charge on any atom is 0.354 e. The van der Waals surface area contributed by atoms with Crippen molar-refractivity contribution in [2.45, 2.75) is 6.92 Å². The largest absolute Gasteiger partial charge is 0.495 e. The number of pyridine rings is 1. The number of aromatic carboxylic acids is 1. The molecule has 0 radical (unpaired) electrons. The van der Waals surface area contributed by atoms with Crippen LogP contribution in [0.5, 0.6) is 5.75 Å². The number of carbonyl (C=O) groups is 1. The van der Waals surface area contributed by atoms with Crippen LogP contribution in [0, 0.1) is 12.7 Å². The SMILES string of the molecule is COc1cc(-c2nc(C(=O)O)ccc2-c2ccccc2C)cc(F)c1Cl. The molecule has 2 aromatic carbocycles. The molecule has 0 fully saturated rings. The molecule has 26 heavy (non-hydrogen) atoms. The minimum Gasteiger partial charge on any atom is -0.495 e. The fourth-order valence-electron chi connectivity index (χ4n) is 2.74. The van der Waals surface area contributed by atoms with Crippen LogP contribution < -0.4 is 4.74 Å². The quantitative estimate of drug-likeness (QED) is 0.682. The average Bonchev–Trinajstić information content (AvgIpc) is 2.64. The Labute approximate surface area is 154 Å². The van der Waals surface area contributed by atoms with Crippen LogP contribution in [0.15, 0.2) is 48.5 Å². The topological polar surface area (TPSA) is 59.4 Å². The second-order valence-corrected chi connectivity index (χ2v) is 6.07. The summed E-state index contributed by atoms with van der Waals surface area (Å²) < 4.78 is 19.3. The highest BCUT2D eigenvalue weighted by atomic mass is 35.5. The number of ether oxygens (including phenoxy) is 1. The van der Waals surface area contributed by atoms with Gasteiger partial charge in [0.1, 0.15) is 22.3 Å². The molecule has 0 unspecified atom stereocenters. The summed E-state index contributed by atoms with van der Waals surface area (Å²) in [6.07, 6.45) is 0. The van der Waals surface area contributed by atoms with Crippen LogP contribution in [-0.4, -0.2) is 23.2 Å². The van der Waals surface area contributed by atoms with Crippen molar-refractivity contribution in [1.82, 2.24) is 4.98 Å². The maximum absolute atomic E-state index is 14.2. The predicted molar refractivity (Wildman–Crippen MR) is 98.3 cm³/mol. The second-order valence-electron chi connectivity index (χ2n) is 5.69. The number of methoxy groups -OCH3 is 1. The molecule has 0 amide bonds. The number of hydrogen-bond donors (Lipinski definition) is 1. The summed E-state index contributed by atoms with van der Waals surface area (Å²) in [6, 6.07) is 13.5. The van der Waals surface area contributed by atoms with E-state index in [1.54, 1.807) is 12.1 Å². The Morgan fingerprint density at radius 3 is 2.54 bits per heavy atom. The van der Waals surface area contributed by atoms with Gasteiger partial charge >= 0.3 is 5.97 Å². The van der Waals surface area contributed by atoms with E-state index in [0.29, 0.717) is 16.8 Å². The van der Waals surface area contributed by atoms with Crippen molar-refractivity contribution in [3.8, 4) is 28.1 Å². The summed E-state index contributed by atoms with van der Waals surface area (Å²) in [7, 11) is 1.38. The van der Waals surface area contributed by atoms with Crippen LogP contribution in [0.1, 0.15) is 16.1 Å². The number of carboxylic acid groups (broad SMARTS) is 1. The standard InChI is InChI=1S/C20H15ClFNO3/c1-11-5-3-4-6-13(11)14-7-8-16(20(24)25)23-19(14)12-9-15(22)18(21)17(10-12)26-2/h3-10H,1-2H3,(H,24,25). The maximum atomic E-state index is 14.2. The van der Waals surface area contributed by atoms with Gasteiger partial charge in [0, 0.05) is 11.1 Å². The molecule has 4 nitrogen and oxygen atoms in total. The van der Waals surface area contributed by atoms with Crippen LogP contribution in [0.3, 0.4) is 0 Å². The molecule has 0 aliphatic rings. The highest BCUT2D eigenvalue weighted by Crippen LogP contribution is 2.37. The monoisotopic (exact) mass is 371 g/mol. The number of aryl methyl sites for hydroxylation is 1. The zero-order valence-electron chi connectivity index (χ0n) is 14.1. The van der Waals surface area contributed by atoms with Gasteiger partial charge in [0.15, 0.2) is 0 Å². The molecule has 0 spiro atoms. The predicted octanol–water partition coefficient (Wildman–Crippen LogP) is 5.22. The highest BCUT2D eigenvalue weighted by Gasteiger charge is 2.18. The van der Waals surface area contributed by atoms with E-state index in [2.05, 4.69) is 4.98 Å². The lowest BCUT2D eigenvalue weighted by Gasteiger charge is -2.14. The van der Waals surface area contributed by atoms with E-state index in [4.69, 9.17) is 16.3 Å². The van der Waals surface area contributed by atoms with Crippen molar-refractivity contribution >= 4 is 17.6 Å². The fraction of sp³-hybridized carbons (Fsp3) is 0.100. The number of aromatic nitrogens is 1. The third-order valence-electron chi connectivity index (χ3n) is 4.04. The molecule has 0 saturated carbocycles. The number of hydrogen-bond acceptors (Lipinski definition) is 3. The number of nitrogens with zero attached hydrogens (tertiary/aromatic N) is 1. The number of halogens is 2. The lowest BCUT2D eigenvalue weighted by Crippen LogP contribution is -2.03. The van der Waals surface area contributed by atoms with Gasteiger partial charge in [0.25, 0.3) is 0 Å². The van der Waals surface area contributed by atoms with Crippen molar-refractivity contribution in [3.05, 3.63) is 70.6 Å². The first kappa shape index (κ1) is 17.9. The van der Waals surface area contributed by atoms with Gasteiger partial charge in [-0.1, -0.05) is 35.9 Å². The molecule has 132 valence electrons. The highest BCUT2D eigenvalue weighted by molar-refractivity contribution is 6.32. The van der Waals surface area contributed by atoms with E-state index in [-0.39, 0.29) is 16.5 Å². The lowest BCUT2D eigenvalue weighted by molar-refractivity contribution is 0.0690. The summed E-state index contributed by atoms with van der Waals surface area (Å²) in [6.45, 7) is 1.94. The number of rotatable bonds is 4. The molecule has 6 heteroatoms. The Morgan fingerprint density at radius 2 is 1.88 bits per heavy atom. The van der Waals surface area contributed by atoms with Crippen LogP contribution in [0.2, 0.25) is 5.02 Å². The molecule has 0 saturated heterocycles. The van der Waals surface area contributed by atoms with Gasteiger partial charge in [0.05, 0.1) is 12.8 Å². The Kier molecular flexibility index (Phi) is 4.91. The van der Waals surface area contributed by atoms with Crippen LogP contribution in [0.25, 0.3) is 22.4 Å². The Morgan fingerprint density at radius 1 is 1.15 bits per heavy atom. The number of benzene rings is 2. The number of carboxylic acids is 1. The second kappa shape index (κ2) is 7.14. The molecule has 0 aliphatic heterocycles. The van der Waals surface area contributed by atoms with E-state index >= 15 is 0 Å². The summed E-state index contributed by atoms with van der Waals surface area (Å²) in [4.78, 5) is 15.6. The zero-order valence-corrected chi connectivity index (χ0v) is 14.8. The first-order chi connectivity index (χ1) is 12.4. The molecule has 1 aromatic heterocycles. The van der Waals surface area contributed by atoms with E-state index in [1.807, 2.05) is 31.2 Å². The van der Waals surface area contributed by atoms with Crippen LogP contribution >= 0.6 is 11.6 Å². The normalized spacial score (nSPS) is 10.6. The first-order valence-electron chi connectivity index (χ1n) is 7.76. The van der Waals surface area contributed by atoms with Gasteiger partial charge < -0.3 is 9.84 Å². The summed E-state index contributed by atoms with van der Waals surface area (Å²) in [5.74, 6) is -1.68. The lowest BCUT2D eigenvalue weighted by atomic mass is 9.95. The van der Waals surface area contributed by atoms with Gasteiger partial charge in [0.2, 0.25) is 0 Å². The molecule has 3 rings (SSSR count). The van der Waals surface area contributed by atoms with E-state index in [1.165, 1.54) is 19.2 Å². The molecule has 0 aliphatic carbocycles. The third-order valence-corrected chi connectivity index (χ3v) is 4.40. The third kappa shape index (κ3) is 3.26. The average molecular weight is 372 g/mol. The summed E-state index contributed by atoms with van der Waals surface area (Å²) in [5.41, 5.74) is 3.14. The van der Waals surface area contributed by atoms with Gasteiger partial charge in [-0.2, -0.15) is 0 Å². The smallest absolute Gasteiger partial charge is 0.354 e. The van der Waals surface area contributed by atoms with Crippen LogP contribution in [-0.2, 0) is 0 Å². The fourth-order valence-corrected chi connectivity index (χ4v) is 2.93. The first-order valence-corrected chi connectivity index (χ1v) is 8.14. The Hall–Kier alpha value is -2.92. The zero-order chi connectivity index (χ0) is 18.8. The van der Waals surface area contributed by atoms with Gasteiger partial charge in [-0.25, -0.2) is 14.2 Å². The molecule has 0 atom stereocenters. The van der Waals surface area contributed by atoms with E-state index in [9.17, 15) is 14.3 Å². The van der Waals surface area contributed by atoms with Crippen molar-refractivity contribution in [1.29, 1.82) is 0 Å². The summed E-state index contributed by atoms with van der Waals surface area (Å²) >= 11 is 5.90. The molecular weight excluding hydrogens is 357 g/mol. The van der Waals surface area contributed by atoms with Crippen LogP contribution in [0.4, 0.5) is 4.39 Å². The molecule has 1 N–H and O–H groups in total. The van der Waals surface area contributed by atoms with E-state index < -0.39 is 11.8 Å². The molecule has 0 bridgehead atoms. The Balaban J connectivity index is 2.32. The minimum atomic E-state index is -1.16. The Bertz CT molecular complexity index is 1000. The van der Waals surface area contributed by atoms with Crippen molar-refractivity contribution in [2.75, 3.05) is 7.11 Å². The van der Waals surface area contributed by atoms with Crippen molar-refractivity contribution in [2.24, 2.45) is 0 Å². The summed E-state index contributed by atoms with van der Waals surface area (Å²) in [5, 5.41) is 9.15. The molecule has 1 heterocycles. The van der Waals surface area contributed by atoms with Gasteiger partial charge in [-0.3, -0.25) is 0 Å².